The van der Waals surface area contributed by atoms with E-state index in [2.05, 4.69) is 21.2 Å². The van der Waals surface area contributed by atoms with Gasteiger partial charge in [-0.3, -0.25) is 4.79 Å². The Morgan fingerprint density at radius 2 is 2.07 bits per heavy atom. The SMILES string of the molecule is CN1C(=O)c2cc(Br)ccc2NC1(C)C. The molecule has 1 aliphatic heterocycles. The lowest BCUT2D eigenvalue weighted by Crippen LogP contribution is -2.54. The molecule has 0 bridgehead atoms. The molecule has 0 fully saturated rings. The van der Waals surface area contributed by atoms with Gasteiger partial charge in [0.25, 0.3) is 5.91 Å². The summed E-state index contributed by atoms with van der Waals surface area (Å²) in [5, 5.41) is 3.33. The van der Waals surface area contributed by atoms with Crippen molar-refractivity contribution in [3.63, 3.8) is 0 Å². The number of hydrogen-bond acceptors (Lipinski definition) is 2. The van der Waals surface area contributed by atoms with Crippen LogP contribution in [0, 0.1) is 0 Å². The molecule has 1 N–H and O–H groups in total. The predicted molar refractivity (Wildman–Crippen MR) is 63.9 cm³/mol. The van der Waals surface area contributed by atoms with Gasteiger partial charge in [0.05, 0.1) is 5.56 Å². The number of nitrogens with zero attached hydrogens (tertiary/aromatic N) is 1. The summed E-state index contributed by atoms with van der Waals surface area (Å²) in [6.07, 6.45) is 0. The maximum absolute atomic E-state index is 12.0. The lowest BCUT2D eigenvalue weighted by atomic mass is 10.0. The highest BCUT2D eigenvalue weighted by Gasteiger charge is 2.34. The molecule has 0 spiro atoms. The Morgan fingerprint density at radius 1 is 1.40 bits per heavy atom. The molecule has 1 amide bonds. The molecule has 15 heavy (non-hydrogen) atoms. The Labute approximate surface area is 97.6 Å². The van der Waals surface area contributed by atoms with E-state index in [-0.39, 0.29) is 11.6 Å². The van der Waals surface area contributed by atoms with E-state index in [9.17, 15) is 4.79 Å². The number of hydrogen-bond donors (Lipinski definition) is 1. The quantitative estimate of drug-likeness (QED) is 0.785. The monoisotopic (exact) mass is 268 g/mol. The van der Waals surface area contributed by atoms with Crippen molar-refractivity contribution >= 4 is 27.5 Å². The summed E-state index contributed by atoms with van der Waals surface area (Å²) in [6.45, 7) is 3.96. The van der Waals surface area contributed by atoms with E-state index < -0.39 is 0 Å². The molecule has 1 aliphatic rings. The summed E-state index contributed by atoms with van der Waals surface area (Å²) < 4.78 is 0.921. The van der Waals surface area contributed by atoms with Crippen LogP contribution in [-0.4, -0.2) is 23.5 Å². The molecule has 2 rings (SSSR count). The van der Waals surface area contributed by atoms with Crippen molar-refractivity contribution in [1.82, 2.24) is 4.90 Å². The van der Waals surface area contributed by atoms with E-state index in [4.69, 9.17) is 0 Å². The topological polar surface area (TPSA) is 32.3 Å². The highest BCUT2D eigenvalue weighted by atomic mass is 79.9. The van der Waals surface area contributed by atoms with E-state index in [1.165, 1.54) is 0 Å². The van der Waals surface area contributed by atoms with Gasteiger partial charge in [0.1, 0.15) is 5.66 Å². The third-order valence-corrected chi connectivity index (χ3v) is 3.29. The summed E-state index contributed by atoms with van der Waals surface area (Å²) in [7, 11) is 1.80. The maximum atomic E-state index is 12.0. The first-order valence-corrected chi connectivity index (χ1v) is 5.57. The molecule has 1 heterocycles. The third-order valence-electron chi connectivity index (χ3n) is 2.80. The molecule has 1 aromatic carbocycles. The van der Waals surface area contributed by atoms with Gasteiger partial charge in [-0.25, -0.2) is 0 Å². The highest BCUT2D eigenvalue weighted by Crippen LogP contribution is 2.31. The fourth-order valence-electron chi connectivity index (χ4n) is 1.65. The zero-order chi connectivity index (χ0) is 11.2. The van der Waals surface area contributed by atoms with Crippen LogP contribution in [0.3, 0.4) is 0 Å². The van der Waals surface area contributed by atoms with Crippen LogP contribution in [0.2, 0.25) is 0 Å². The van der Waals surface area contributed by atoms with Gasteiger partial charge in [0.15, 0.2) is 0 Å². The van der Waals surface area contributed by atoms with Crippen LogP contribution in [0.15, 0.2) is 22.7 Å². The van der Waals surface area contributed by atoms with Gasteiger partial charge in [-0.1, -0.05) is 15.9 Å². The second kappa shape index (κ2) is 3.23. The van der Waals surface area contributed by atoms with Gasteiger partial charge < -0.3 is 10.2 Å². The molecule has 0 aliphatic carbocycles. The lowest BCUT2D eigenvalue weighted by Gasteiger charge is -2.41. The molecule has 0 unspecified atom stereocenters. The van der Waals surface area contributed by atoms with Crippen molar-refractivity contribution in [3.05, 3.63) is 28.2 Å². The largest absolute Gasteiger partial charge is 0.362 e. The summed E-state index contributed by atoms with van der Waals surface area (Å²) >= 11 is 3.37. The van der Waals surface area contributed by atoms with Crippen molar-refractivity contribution in [2.75, 3.05) is 12.4 Å². The van der Waals surface area contributed by atoms with Gasteiger partial charge in [-0.15, -0.1) is 0 Å². The van der Waals surface area contributed by atoms with Crippen LogP contribution in [0.5, 0.6) is 0 Å². The predicted octanol–water partition coefficient (Wildman–Crippen LogP) is 2.68. The van der Waals surface area contributed by atoms with Crippen LogP contribution >= 0.6 is 15.9 Å². The summed E-state index contributed by atoms with van der Waals surface area (Å²) in [4.78, 5) is 13.8. The molecule has 0 atom stereocenters. The van der Waals surface area contributed by atoms with Crippen LogP contribution in [0.25, 0.3) is 0 Å². The molecule has 3 nitrogen and oxygen atoms in total. The van der Waals surface area contributed by atoms with Gasteiger partial charge in [0.2, 0.25) is 0 Å². The summed E-state index contributed by atoms with van der Waals surface area (Å²) in [6, 6.07) is 5.70. The standard InChI is InChI=1S/C11H13BrN2O/c1-11(2)13-9-5-4-7(12)6-8(9)10(15)14(11)3/h4-6,13H,1-3H3. The number of carbonyl (C=O) groups excluding carboxylic acids is 1. The summed E-state index contributed by atoms with van der Waals surface area (Å²) in [5.41, 5.74) is 1.27. The Hall–Kier alpha value is -1.03. The normalized spacial score (nSPS) is 18.4. The molecule has 4 heteroatoms. The minimum atomic E-state index is -0.335. The number of fused-ring (bicyclic) bond motifs is 1. The smallest absolute Gasteiger partial charge is 0.257 e. The second-order valence-corrected chi connectivity index (χ2v) is 5.15. The molecule has 0 radical (unpaired) electrons. The molecule has 0 saturated heterocycles. The Kier molecular flexibility index (Phi) is 2.26. The minimum Gasteiger partial charge on any atom is -0.362 e. The fraction of sp³-hybridized carbons (Fsp3) is 0.364. The van der Waals surface area contributed by atoms with Crippen molar-refractivity contribution in [1.29, 1.82) is 0 Å². The van der Waals surface area contributed by atoms with Gasteiger partial charge >= 0.3 is 0 Å². The van der Waals surface area contributed by atoms with Gasteiger partial charge in [-0.05, 0) is 32.0 Å². The average Bonchev–Trinajstić information content (AvgIpc) is 2.16. The minimum absolute atomic E-state index is 0.0510. The van der Waals surface area contributed by atoms with Crippen LogP contribution < -0.4 is 5.32 Å². The first-order valence-electron chi connectivity index (χ1n) is 4.78. The molecule has 0 saturated carbocycles. The number of carbonyl (C=O) groups is 1. The Balaban J connectivity index is 2.55. The maximum Gasteiger partial charge on any atom is 0.257 e. The van der Waals surface area contributed by atoms with Crippen molar-refractivity contribution in [2.45, 2.75) is 19.5 Å². The van der Waals surface area contributed by atoms with Crippen molar-refractivity contribution in [2.24, 2.45) is 0 Å². The lowest BCUT2D eigenvalue weighted by molar-refractivity contribution is 0.0648. The van der Waals surface area contributed by atoms with E-state index >= 15 is 0 Å². The van der Waals surface area contributed by atoms with Crippen LogP contribution in [0.4, 0.5) is 5.69 Å². The van der Waals surface area contributed by atoms with E-state index in [1.54, 1.807) is 11.9 Å². The number of halogens is 1. The first-order chi connectivity index (χ1) is 6.92. The van der Waals surface area contributed by atoms with E-state index in [0.29, 0.717) is 5.56 Å². The number of benzene rings is 1. The van der Waals surface area contributed by atoms with Crippen molar-refractivity contribution < 1.29 is 4.79 Å². The van der Waals surface area contributed by atoms with Gasteiger partial charge in [-0.2, -0.15) is 0 Å². The number of nitrogens with one attached hydrogen (secondary N) is 1. The number of amides is 1. The van der Waals surface area contributed by atoms with Crippen LogP contribution in [0.1, 0.15) is 24.2 Å². The highest BCUT2D eigenvalue weighted by molar-refractivity contribution is 9.10. The van der Waals surface area contributed by atoms with E-state index in [0.717, 1.165) is 10.2 Å². The van der Waals surface area contributed by atoms with Crippen molar-refractivity contribution in [3.8, 4) is 0 Å². The third kappa shape index (κ3) is 1.63. The average molecular weight is 269 g/mol. The molecule has 1 aromatic rings. The molecular weight excluding hydrogens is 256 g/mol. The molecule has 0 aromatic heterocycles. The zero-order valence-electron chi connectivity index (χ0n) is 8.97. The molecule has 80 valence electrons. The summed E-state index contributed by atoms with van der Waals surface area (Å²) in [5.74, 6) is 0.0510. The second-order valence-electron chi connectivity index (χ2n) is 4.24. The van der Waals surface area contributed by atoms with Gasteiger partial charge in [0, 0.05) is 17.2 Å². The fourth-order valence-corrected chi connectivity index (χ4v) is 2.01. The Morgan fingerprint density at radius 3 is 2.73 bits per heavy atom. The first kappa shape index (κ1) is 10.5. The Bertz CT molecular complexity index is 429. The van der Waals surface area contributed by atoms with Crippen LogP contribution in [-0.2, 0) is 0 Å². The van der Waals surface area contributed by atoms with E-state index in [1.807, 2.05) is 32.0 Å². The molecular formula is C11H13BrN2O. The number of rotatable bonds is 0. The number of anilines is 1. The zero-order valence-corrected chi connectivity index (χ0v) is 10.6.